The molecule has 0 aromatic rings. The molecule has 6 nitrogen and oxygen atoms in total. The van der Waals surface area contributed by atoms with Gasteiger partial charge in [-0.3, -0.25) is 0 Å². The van der Waals surface area contributed by atoms with Gasteiger partial charge in [0, 0.05) is 6.42 Å². The van der Waals surface area contributed by atoms with Crippen molar-refractivity contribution in [1.29, 1.82) is 0 Å². The molecule has 0 aliphatic carbocycles. The first-order valence-electron chi connectivity index (χ1n) is 3.41. The predicted molar refractivity (Wildman–Crippen MR) is 33.3 cm³/mol. The molecule has 0 aromatic heterocycles. The van der Waals surface area contributed by atoms with E-state index in [0.717, 1.165) is 0 Å². The summed E-state index contributed by atoms with van der Waals surface area (Å²) in [6, 6.07) is 0. The van der Waals surface area contributed by atoms with E-state index in [2.05, 4.69) is 4.74 Å². The average molecular weight is 196 g/mol. The zero-order valence-electron chi connectivity index (χ0n) is 6.12. The molecule has 0 bridgehead atoms. The number of hydrogen-bond acceptors (Lipinski definition) is 6. The Labute approximate surface area is 69.6 Å². The molecule has 2 N–H and O–H groups in total. The Kier molecular flexibility index (Phi) is 3.01. The van der Waals surface area contributed by atoms with Crippen LogP contribution in [0.2, 0.25) is 0 Å². The summed E-state index contributed by atoms with van der Waals surface area (Å²) in [5.41, 5.74) is 0. The zero-order valence-corrected chi connectivity index (χ0v) is 7.02. The van der Waals surface area contributed by atoms with Crippen LogP contribution in [-0.4, -0.2) is 34.9 Å². The minimum atomic E-state index is -4.79. The summed E-state index contributed by atoms with van der Waals surface area (Å²) in [7, 11) is -4.79. The lowest BCUT2D eigenvalue weighted by molar-refractivity contribution is -0.436. The molecular formula is C5H9O6P-2. The van der Waals surface area contributed by atoms with Gasteiger partial charge >= 0.3 is 0 Å². The molecule has 3 atom stereocenters. The lowest BCUT2D eigenvalue weighted by atomic mass is 10.2. The normalized spacial score (nSPS) is 37.2. The molecular weight excluding hydrogens is 187 g/mol. The lowest BCUT2D eigenvalue weighted by Gasteiger charge is -2.45. The molecule has 7 heteroatoms. The number of hydrogen-bond donors (Lipinski definition) is 2. The number of ether oxygens (including phenoxy) is 1. The maximum Gasteiger partial charge on any atom is 0.153 e. The van der Waals surface area contributed by atoms with Crippen molar-refractivity contribution in [3.05, 3.63) is 0 Å². The second-order valence-electron chi connectivity index (χ2n) is 2.65. The largest absolute Gasteiger partial charge is 0.686 e. The van der Waals surface area contributed by atoms with Crippen molar-refractivity contribution in [3.63, 3.8) is 0 Å². The van der Waals surface area contributed by atoms with Crippen molar-refractivity contribution < 1.29 is 29.6 Å². The van der Waals surface area contributed by atoms with Gasteiger partial charge < -0.3 is 29.6 Å². The molecule has 12 heavy (non-hydrogen) atoms. The molecule has 1 fully saturated rings. The molecule has 1 aliphatic rings. The van der Waals surface area contributed by atoms with Crippen LogP contribution in [0.3, 0.4) is 0 Å². The van der Waals surface area contributed by atoms with E-state index in [-0.39, 0.29) is 6.42 Å². The second-order valence-corrected chi connectivity index (χ2v) is 4.31. The highest BCUT2D eigenvalue weighted by Gasteiger charge is 2.37. The van der Waals surface area contributed by atoms with Crippen LogP contribution in [0.1, 0.15) is 6.42 Å². The van der Waals surface area contributed by atoms with Crippen molar-refractivity contribution in [2.45, 2.75) is 24.5 Å². The predicted octanol–water partition coefficient (Wildman–Crippen LogP) is -3.70. The Balaban J connectivity index is 2.54. The molecule has 1 saturated heterocycles. The summed E-state index contributed by atoms with van der Waals surface area (Å²) in [6.07, 6.45) is -2.28. The molecule has 0 radical (unpaired) electrons. The first kappa shape index (κ1) is 10.3. The van der Waals surface area contributed by atoms with Crippen LogP contribution in [0.5, 0.6) is 0 Å². The van der Waals surface area contributed by atoms with E-state index in [0.29, 0.717) is 0 Å². The summed E-state index contributed by atoms with van der Waals surface area (Å²) in [5.74, 6) is -1.50. The van der Waals surface area contributed by atoms with Crippen LogP contribution in [0.15, 0.2) is 0 Å². The van der Waals surface area contributed by atoms with Crippen LogP contribution in [0.4, 0.5) is 0 Å². The van der Waals surface area contributed by atoms with E-state index in [1.807, 2.05) is 0 Å². The highest BCUT2D eigenvalue weighted by Crippen LogP contribution is 2.43. The number of aliphatic hydroxyl groups excluding tert-OH is 2. The molecule has 1 aliphatic heterocycles. The molecule has 0 spiro atoms. The van der Waals surface area contributed by atoms with Gasteiger partial charge in [0.25, 0.3) is 0 Å². The Bertz CT molecular complexity index is 157. The van der Waals surface area contributed by atoms with Gasteiger partial charge in [0.2, 0.25) is 0 Å². The fraction of sp³-hybridized carbons (Fsp3) is 1.00. The summed E-state index contributed by atoms with van der Waals surface area (Å²) < 4.78 is 4.60. The van der Waals surface area contributed by atoms with E-state index >= 15 is 0 Å². The standard InChI is InChI=1S/C5H11O6P/c6-2-4-3(7)1-5(11-4)12(8,9)10/h3-7H,1-2H2,(H2,8,9,10)/p-2/t3-,4+,5?/m0/s1. The van der Waals surface area contributed by atoms with Gasteiger partial charge in [-0.05, 0) is 0 Å². The minimum absolute atomic E-state index is 0.254. The van der Waals surface area contributed by atoms with Gasteiger partial charge in [-0.2, -0.15) is 0 Å². The van der Waals surface area contributed by atoms with Gasteiger partial charge in [0.15, 0.2) is 5.85 Å². The Morgan fingerprint density at radius 2 is 2.00 bits per heavy atom. The topological polar surface area (TPSA) is 119 Å². The van der Waals surface area contributed by atoms with Crippen molar-refractivity contribution in [3.8, 4) is 0 Å². The Morgan fingerprint density at radius 1 is 1.42 bits per heavy atom. The summed E-state index contributed by atoms with van der Waals surface area (Å²) in [6.45, 7) is -0.488. The summed E-state index contributed by atoms with van der Waals surface area (Å²) in [5, 5.41) is 17.6. The maximum absolute atomic E-state index is 10.4. The van der Waals surface area contributed by atoms with E-state index < -0.39 is 32.6 Å². The van der Waals surface area contributed by atoms with Crippen LogP contribution >= 0.6 is 7.94 Å². The number of aliphatic hydroxyl groups is 2. The first-order chi connectivity index (χ1) is 5.45. The third kappa shape index (κ3) is 2.11. The van der Waals surface area contributed by atoms with Crippen LogP contribution in [0.25, 0.3) is 0 Å². The van der Waals surface area contributed by atoms with Crippen molar-refractivity contribution in [1.82, 2.24) is 0 Å². The van der Waals surface area contributed by atoms with Crippen LogP contribution in [0, 0.1) is 0 Å². The second kappa shape index (κ2) is 3.51. The van der Waals surface area contributed by atoms with Gasteiger partial charge in [-0.15, -0.1) is 7.94 Å². The van der Waals surface area contributed by atoms with Crippen molar-refractivity contribution >= 4 is 7.94 Å². The SMILES string of the molecule is [O-][P+]([O-])([O-])C1C[C@H](O)[C@@H](CO)O1. The monoisotopic (exact) mass is 196 g/mol. The molecule has 72 valence electrons. The van der Waals surface area contributed by atoms with Crippen LogP contribution < -0.4 is 14.7 Å². The highest BCUT2D eigenvalue weighted by atomic mass is 31.2. The van der Waals surface area contributed by atoms with Gasteiger partial charge in [-0.25, -0.2) is 0 Å². The van der Waals surface area contributed by atoms with Gasteiger partial charge in [-0.1, -0.05) is 0 Å². The van der Waals surface area contributed by atoms with E-state index in [1.165, 1.54) is 0 Å². The van der Waals surface area contributed by atoms with Crippen LogP contribution in [-0.2, 0) is 4.74 Å². The zero-order chi connectivity index (χ0) is 9.35. The van der Waals surface area contributed by atoms with Gasteiger partial charge in [0.1, 0.15) is 6.10 Å². The van der Waals surface area contributed by atoms with E-state index in [4.69, 9.17) is 10.2 Å². The number of rotatable bonds is 2. The Hall–Kier alpha value is 0.190. The minimum Gasteiger partial charge on any atom is -0.686 e. The third-order valence-corrected chi connectivity index (χ3v) is 2.77. The quantitative estimate of drug-likeness (QED) is 0.438. The Morgan fingerprint density at radius 3 is 2.25 bits per heavy atom. The average Bonchev–Trinajstić information content (AvgIpc) is 2.29. The molecule has 0 saturated carbocycles. The molecule has 0 amide bonds. The molecule has 1 unspecified atom stereocenters. The molecule has 0 aromatic carbocycles. The van der Waals surface area contributed by atoms with Gasteiger partial charge in [0.05, 0.1) is 12.7 Å². The maximum atomic E-state index is 10.4. The highest BCUT2D eigenvalue weighted by molar-refractivity contribution is 7.54. The lowest BCUT2D eigenvalue weighted by Crippen LogP contribution is -2.41. The molecule has 1 rings (SSSR count). The summed E-state index contributed by atoms with van der Waals surface area (Å²) in [4.78, 5) is 31.2. The molecule has 1 heterocycles. The third-order valence-electron chi connectivity index (χ3n) is 1.74. The summed E-state index contributed by atoms with van der Waals surface area (Å²) >= 11 is 0. The van der Waals surface area contributed by atoms with Crippen molar-refractivity contribution in [2.75, 3.05) is 6.61 Å². The fourth-order valence-electron chi connectivity index (χ4n) is 1.07. The fourth-order valence-corrected chi connectivity index (χ4v) is 1.85. The van der Waals surface area contributed by atoms with E-state index in [9.17, 15) is 14.7 Å². The first-order valence-corrected chi connectivity index (χ1v) is 5.02. The van der Waals surface area contributed by atoms with Crippen molar-refractivity contribution in [2.24, 2.45) is 0 Å². The van der Waals surface area contributed by atoms with E-state index in [1.54, 1.807) is 0 Å². The smallest absolute Gasteiger partial charge is 0.153 e.